The van der Waals surface area contributed by atoms with Crippen LogP contribution >= 0.6 is 0 Å². The van der Waals surface area contributed by atoms with Gasteiger partial charge in [0.05, 0.1) is 7.11 Å². The van der Waals surface area contributed by atoms with E-state index in [1.54, 1.807) is 13.2 Å². The molecule has 18 heavy (non-hydrogen) atoms. The molecule has 0 spiro atoms. The average Bonchev–Trinajstić information content (AvgIpc) is 2.37. The highest BCUT2D eigenvalue weighted by Crippen LogP contribution is 2.38. The van der Waals surface area contributed by atoms with Crippen LogP contribution in [0.1, 0.15) is 24.0 Å². The highest BCUT2D eigenvalue weighted by Gasteiger charge is 2.33. The molecule has 1 fully saturated rings. The summed E-state index contributed by atoms with van der Waals surface area (Å²) < 4.78 is 5.14. The number of rotatable bonds is 1. The second kappa shape index (κ2) is 4.28. The van der Waals surface area contributed by atoms with Crippen LogP contribution in [0, 0.1) is 0 Å². The van der Waals surface area contributed by atoms with E-state index in [0.717, 1.165) is 30.6 Å². The molecule has 0 unspecified atom stereocenters. The van der Waals surface area contributed by atoms with Crippen LogP contribution < -0.4 is 4.74 Å². The summed E-state index contributed by atoms with van der Waals surface area (Å²) >= 11 is 0. The summed E-state index contributed by atoms with van der Waals surface area (Å²) in [5.41, 5.74) is 2.10. The third kappa shape index (κ3) is 1.77. The lowest BCUT2D eigenvalue weighted by molar-refractivity contribution is -0.123. The molecule has 4 nitrogen and oxygen atoms in total. The van der Waals surface area contributed by atoms with Crippen LogP contribution in [0.25, 0.3) is 0 Å². The van der Waals surface area contributed by atoms with Gasteiger partial charge in [0.2, 0.25) is 0 Å². The standard InChI is InChI=1S/C14H17NO3/c1-18-13-3-2-9-6-10-7-11(16)4-5-15(10)8-12(9)14(13)17/h2-3,10,17H,4-8H2,1H3/t10-/m1/s1. The van der Waals surface area contributed by atoms with Crippen LogP contribution in [0.5, 0.6) is 11.5 Å². The fraction of sp³-hybridized carbons (Fsp3) is 0.500. The van der Waals surface area contributed by atoms with Crippen molar-refractivity contribution in [3.05, 3.63) is 23.3 Å². The van der Waals surface area contributed by atoms with Crippen LogP contribution in [-0.2, 0) is 17.8 Å². The first kappa shape index (κ1) is 11.5. The molecule has 2 heterocycles. The van der Waals surface area contributed by atoms with E-state index >= 15 is 0 Å². The van der Waals surface area contributed by atoms with Crippen LogP contribution in [0.4, 0.5) is 0 Å². The van der Waals surface area contributed by atoms with E-state index < -0.39 is 0 Å². The molecule has 1 saturated heterocycles. The molecule has 3 rings (SSSR count). The van der Waals surface area contributed by atoms with Crippen LogP contribution in [0.3, 0.4) is 0 Å². The van der Waals surface area contributed by atoms with Gasteiger partial charge in [0, 0.05) is 37.5 Å². The van der Waals surface area contributed by atoms with Crippen molar-refractivity contribution in [2.24, 2.45) is 0 Å². The molecule has 1 aromatic carbocycles. The second-order valence-electron chi connectivity index (χ2n) is 5.08. The van der Waals surface area contributed by atoms with Gasteiger partial charge in [-0.25, -0.2) is 0 Å². The quantitative estimate of drug-likeness (QED) is 0.817. The van der Waals surface area contributed by atoms with E-state index in [1.165, 1.54) is 0 Å². The first-order valence-corrected chi connectivity index (χ1v) is 6.32. The van der Waals surface area contributed by atoms with E-state index in [-0.39, 0.29) is 5.75 Å². The lowest BCUT2D eigenvalue weighted by atomic mass is 9.87. The number of carbonyl (C=O) groups is 1. The molecule has 1 atom stereocenters. The molecule has 0 radical (unpaired) electrons. The normalized spacial score (nSPS) is 23.4. The van der Waals surface area contributed by atoms with Crippen molar-refractivity contribution in [2.75, 3.05) is 13.7 Å². The highest BCUT2D eigenvalue weighted by molar-refractivity contribution is 5.80. The maximum absolute atomic E-state index is 11.5. The molecule has 0 amide bonds. The minimum absolute atomic E-state index is 0.255. The summed E-state index contributed by atoms with van der Waals surface area (Å²) in [4.78, 5) is 13.8. The van der Waals surface area contributed by atoms with Crippen molar-refractivity contribution < 1.29 is 14.6 Å². The molecular weight excluding hydrogens is 230 g/mol. The monoisotopic (exact) mass is 247 g/mol. The Balaban J connectivity index is 1.95. The lowest BCUT2D eigenvalue weighted by Crippen LogP contribution is -2.46. The first-order valence-electron chi connectivity index (χ1n) is 6.32. The number of ketones is 1. The van der Waals surface area contributed by atoms with Crippen molar-refractivity contribution >= 4 is 5.78 Å². The van der Waals surface area contributed by atoms with Gasteiger partial charge in [-0.15, -0.1) is 0 Å². The topological polar surface area (TPSA) is 49.8 Å². The SMILES string of the molecule is COc1ccc2c(c1O)CN1CCC(=O)C[C@H]1C2. The predicted molar refractivity (Wildman–Crippen MR) is 66.8 cm³/mol. The van der Waals surface area contributed by atoms with E-state index in [0.29, 0.717) is 30.4 Å². The number of benzene rings is 1. The van der Waals surface area contributed by atoms with Gasteiger partial charge in [-0.3, -0.25) is 9.69 Å². The zero-order chi connectivity index (χ0) is 12.7. The number of hydrogen-bond acceptors (Lipinski definition) is 4. The van der Waals surface area contributed by atoms with E-state index in [2.05, 4.69) is 4.90 Å². The third-order valence-electron chi connectivity index (χ3n) is 4.04. The van der Waals surface area contributed by atoms with Crippen molar-refractivity contribution in [1.29, 1.82) is 0 Å². The number of Topliss-reactive ketones (excluding diaryl/α,β-unsaturated/α-hetero) is 1. The summed E-state index contributed by atoms with van der Waals surface area (Å²) in [7, 11) is 1.56. The van der Waals surface area contributed by atoms with Gasteiger partial charge >= 0.3 is 0 Å². The number of phenolic OH excluding ortho intramolecular Hbond substituents is 1. The van der Waals surface area contributed by atoms with E-state index in [9.17, 15) is 9.90 Å². The average molecular weight is 247 g/mol. The number of methoxy groups -OCH3 is 1. The first-order chi connectivity index (χ1) is 8.69. The van der Waals surface area contributed by atoms with Gasteiger partial charge in [0.15, 0.2) is 11.5 Å². The fourth-order valence-corrected chi connectivity index (χ4v) is 3.00. The number of phenols is 1. The number of aromatic hydroxyl groups is 1. The molecule has 2 aliphatic rings. The number of nitrogens with zero attached hydrogens (tertiary/aromatic N) is 1. The Kier molecular flexibility index (Phi) is 2.74. The van der Waals surface area contributed by atoms with Gasteiger partial charge in [-0.1, -0.05) is 6.07 Å². The largest absolute Gasteiger partial charge is 0.504 e. The van der Waals surface area contributed by atoms with Gasteiger partial charge in [-0.2, -0.15) is 0 Å². The molecule has 0 aliphatic carbocycles. The predicted octanol–water partition coefficient (Wildman–Crippen LogP) is 1.49. The number of fused-ring (bicyclic) bond motifs is 2. The molecule has 1 N–H and O–H groups in total. The molecule has 4 heteroatoms. The Morgan fingerprint density at radius 1 is 1.39 bits per heavy atom. The van der Waals surface area contributed by atoms with Gasteiger partial charge < -0.3 is 9.84 Å². The minimum Gasteiger partial charge on any atom is -0.504 e. The zero-order valence-electron chi connectivity index (χ0n) is 10.5. The fourth-order valence-electron chi connectivity index (χ4n) is 3.00. The minimum atomic E-state index is 0.255. The molecule has 0 saturated carbocycles. The Morgan fingerprint density at radius 2 is 2.22 bits per heavy atom. The van der Waals surface area contributed by atoms with Crippen molar-refractivity contribution in [3.63, 3.8) is 0 Å². The lowest BCUT2D eigenvalue weighted by Gasteiger charge is -2.39. The second-order valence-corrected chi connectivity index (χ2v) is 5.08. The summed E-state index contributed by atoms with van der Waals surface area (Å²) in [5, 5.41) is 10.2. The molecule has 0 aromatic heterocycles. The van der Waals surface area contributed by atoms with Crippen LogP contribution in [0.2, 0.25) is 0 Å². The smallest absolute Gasteiger partial charge is 0.162 e. The third-order valence-corrected chi connectivity index (χ3v) is 4.04. The summed E-state index contributed by atoms with van der Waals surface area (Å²) in [6.07, 6.45) is 2.13. The van der Waals surface area contributed by atoms with Gasteiger partial charge in [-0.05, 0) is 18.1 Å². The maximum Gasteiger partial charge on any atom is 0.162 e. The Morgan fingerprint density at radius 3 is 3.00 bits per heavy atom. The maximum atomic E-state index is 11.5. The number of ether oxygens (including phenoxy) is 1. The Hall–Kier alpha value is -1.55. The number of hydrogen-bond donors (Lipinski definition) is 1. The van der Waals surface area contributed by atoms with E-state index in [1.807, 2.05) is 6.07 Å². The molecule has 1 aromatic rings. The molecule has 96 valence electrons. The molecule has 2 aliphatic heterocycles. The van der Waals surface area contributed by atoms with Gasteiger partial charge in [0.1, 0.15) is 5.78 Å². The summed E-state index contributed by atoms with van der Waals surface area (Å²) in [5.74, 6) is 1.14. The summed E-state index contributed by atoms with van der Waals surface area (Å²) in [6.45, 7) is 1.52. The Labute approximate surface area is 106 Å². The van der Waals surface area contributed by atoms with Crippen molar-refractivity contribution in [3.8, 4) is 11.5 Å². The summed E-state index contributed by atoms with van der Waals surface area (Å²) in [6, 6.07) is 4.12. The molecule has 0 bridgehead atoms. The molecular formula is C14H17NO3. The van der Waals surface area contributed by atoms with Gasteiger partial charge in [0.25, 0.3) is 0 Å². The highest BCUT2D eigenvalue weighted by atomic mass is 16.5. The van der Waals surface area contributed by atoms with Crippen LogP contribution in [-0.4, -0.2) is 35.5 Å². The van der Waals surface area contributed by atoms with Crippen molar-refractivity contribution in [2.45, 2.75) is 31.8 Å². The number of carbonyl (C=O) groups excluding carboxylic acids is 1. The van der Waals surface area contributed by atoms with Crippen molar-refractivity contribution in [1.82, 2.24) is 4.90 Å². The van der Waals surface area contributed by atoms with E-state index in [4.69, 9.17) is 4.74 Å². The Bertz CT molecular complexity index is 498. The zero-order valence-corrected chi connectivity index (χ0v) is 10.5. The van der Waals surface area contributed by atoms with Crippen LogP contribution in [0.15, 0.2) is 12.1 Å². The number of piperidine rings is 1.